The number of phenolic OH excluding ortho intramolecular Hbond substituents is 1. The molecule has 1 heterocycles. The predicted octanol–water partition coefficient (Wildman–Crippen LogP) is 6.12. The van der Waals surface area contributed by atoms with Gasteiger partial charge in [0.05, 0.1) is 0 Å². The van der Waals surface area contributed by atoms with Gasteiger partial charge < -0.3 is 14.7 Å². The summed E-state index contributed by atoms with van der Waals surface area (Å²) in [5, 5.41) is 10.00. The Morgan fingerprint density at radius 2 is 1.81 bits per heavy atom. The van der Waals surface area contributed by atoms with Gasteiger partial charge in [-0.05, 0) is 57.2 Å². The van der Waals surface area contributed by atoms with Gasteiger partial charge in [0.15, 0.2) is 0 Å². The van der Waals surface area contributed by atoms with E-state index >= 15 is 0 Å². The van der Waals surface area contributed by atoms with Crippen LogP contribution in [0.1, 0.15) is 70.9 Å². The van der Waals surface area contributed by atoms with Crippen LogP contribution in [0.2, 0.25) is 5.02 Å². The van der Waals surface area contributed by atoms with Crippen molar-refractivity contribution in [2.45, 2.75) is 65.4 Å². The van der Waals surface area contributed by atoms with Gasteiger partial charge in [-0.2, -0.15) is 0 Å². The lowest BCUT2D eigenvalue weighted by atomic mass is 9.88. The number of alkyl halides is 2. The van der Waals surface area contributed by atoms with Gasteiger partial charge in [-0.3, -0.25) is 0 Å². The molecule has 0 atom stereocenters. The Balaban J connectivity index is 0.00000163. The van der Waals surface area contributed by atoms with Crippen LogP contribution < -0.4 is 0 Å². The molecule has 0 radical (unpaired) electrons. The minimum absolute atomic E-state index is 0.0343. The van der Waals surface area contributed by atoms with Crippen molar-refractivity contribution < 1.29 is 23.4 Å². The summed E-state index contributed by atoms with van der Waals surface area (Å²) in [6.07, 6.45) is -1.88. The molecular weight excluding hydrogens is 364 g/mol. The molecule has 4 nitrogen and oxygen atoms in total. The third-order valence-corrected chi connectivity index (χ3v) is 4.29. The number of carbonyl (C=O) groups is 1. The van der Waals surface area contributed by atoms with Crippen LogP contribution in [-0.2, 0) is 4.74 Å². The van der Waals surface area contributed by atoms with E-state index in [1.54, 1.807) is 4.90 Å². The minimum Gasteiger partial charge on any atom is -0.508 e. The van der Waals surface area contributed by atoms with Gasteiger partial charge in [-0.1, -0.05) is 25.4 Å². The fourth-order valence-corrected chi connectivity index (χ4v) is 3.04. The molecule has 0 aliphatic carbocycles. The molecule has 0 spiro atoms. The van der Waals surface area contributed by atoms with Crippen molar-refractivity contribution in [3.63, 3.8) is 0 Å². The zero-order valence-electron chi connectivity index (χ0n) is 16.0. The standard InChI is InChI=1S/C17H22ClF2NO3.C2H6/c1-17(2,3)24-16(23)21-6-4-10(5-7-21)11-8-13(18)12(15(19)20)9-14(11)22;1-2/h8-10,15,22H,4-7H2,1-3H3;1-2H3. The number of piperidine rings is 1. The molecule has 0 bridgehead atoms. The van der Waals surface area contributed by atoms with Gasteiger partial charge in [-0.15, -0.1) is 0 Å². The molecule has 148 valence electrons. The normalized spacial score (nSPS) is 15.5. The first kappa shape index (κ1) is 22.5. The summed E-state index contributed by atoms with van der Waals surface area (Å²) in [6.45, 7) is 10.4. The maximum absolute atomic E-state index is 12.8. The quantitative estimate of drug-likeness (QED) is 0.660. The summed E-state index contributed by atoms with van der Waals surface area (Å²) in [5.74, 6) is -0.210. The molecule has 1 saturated heterocycles. The van der Waals surface area contributed by atoms with Gasteiger partial charge in [0.1, 0.15) is 11.4 Å². The lowest BCUT2D eigenvalue weighted by Gasteiger charge is -2.33. The molecule has 1 amide bonds. The zero-order valence-corrected chi connectivity index (χ0v) is 16.7. The van der Waals surface area contributed by atoms with Crippen LogP contribution >= 0.6 is 11.6 Å². The number of phenols is 1. The summed E-state index contributed by atoms with van der Waals surface area (Å²) in [7, 11) is 0. The molecule has 26 heavy (non-hydrogen) atoms. The Hall–Kier alpha value is -1.56. The minimum atomic E-state index is -2.73. The van der Waals surface area contributed by atoms with E-state index in [0.717, 1.165) is 6.07 Å². The van der Waals surface area contributed by atoms with Crippen LogP contribution in [0.25, 0.3) is 0 Å². The fraction of sp³-hybridized carbons (Fsp3) is 0.632. The van der Waals surface area contributed by atoms with Crippen molar-refractivity contribution in [3.8, 4) is 5.75 Å². The molecule has 1 fully saturated rings. The molecule has 0 aromatic heterocycles. The maximum Gasteiger partial charge on any atom is 0.410 e. The number of amides is 1. The number of benzene rings is 1. The van der Waals surface area contributed by atoms with Gasteiger partial charge in [0.2, 0.25) is 0 Å². The highest BCUT2D eigenvalue weighted by Gasteiger charge is 2.29. The van der Waals surface area contributed by atoms with E-state index in [-0.39, 0.29) is 28.3 Å². The maximum atomic E-state index is 12.8. The average Bonchev–Trinajstić information content (AvgIpc) is 2.57. The van der Waals surface area contributed by atoms with E-state index in [4.69, 9.17) is 16.3 Å². The van der Waals surface area contributed by atoms with E-state index in [1.807, 2.05) is 34.6 Å². The van der Waals surface area contributed by atoms with E-state index in [1.165, 1.54) is 6.07 Å². The third-order valence-electron chi connectivity index (χ3n) is 3.97. The Bertz CT molecular complexity index is 610. The number of nitrogens with zero attached hydrogens (tertiary/aromatic N) is 1. The first-order valence-corrected chi connectivity index (χ1v) is 9.24. The first-order valence-electron chi connectivity index (χ1n) is 8.87. The number of rotatable bonds is 2. The van der Waals surface area contributed by atoms with Crippen molar-refractivity contribution in [1.82, 2.24) is 4.90 Å². The molecule has 0 saturated carbocycles. The highest BCUT2D eigenvalue weighted by Crippen LogP contribution is 2.39. The molecule has 7 heteroatoms. The smallest absolute Gasteiger partial charge is 0.410 e. The van der Waals surface area contributed by atoms with Gasteiger partial charge in [0, 0.05) is 23.7 Å². The number of hydrogen-bond acceptors (Lipinski definition) is 3. The summed E-state index contributed by atoms with van der Waals surface area (Å²) in [5.41, 5.74) is -0.373. The highest BCUT2D eigenvalue weighted by molar-refractivity contribution is 6.31. The van der Waals surface area contributed by atoms with Crippen LogP contribution in [0.5, 0.6) is 5.75 Å². The number of likely N-dealkylation sites (tertiary alicyclic amines) is 1. The Labute approximate surface area is 159 Å². The Morgan fingerprint density at radius 1 is 1.27 bits per heavy atom. The molecule has 0 unspecified atom stereocenters. The lowest BCUT2D eigenvalue weighted by Crippen LogP contribution is -2.41. The molecule has 1 aromatic carbocycles. The molecule has 1 aliphatic heterocycles. The number of ether oxygens (including phenoxy) is 1. The Kier molecular flexibility index (Phi) is 8.13. The van der Waals surface area contributed by atoms with Gasteiger partial charge in [-0.25, -0.2) is 13.6 Å². The fourth-order valence-electron chi connectivity index (χ4n) is 2.79. The number of halogens is 3. The second kappa shape index (κ2) is 9.40. The van der Waals surface area contributed by atoms with Gasteiger partial charge >= 0.3 is 6.09 Å². The van der Waals surface area contributed by atoms with Crippen LogP contribution in [0.4, 0.5) is 13.6 Å². The predicted molar refractivity (Wildman–Crippen MR) is 99.2 cm³/mol. The third kappa shape index (κ3) is 6.01. The molecule has 2 rings (SSSR count). The lowest BCUT2D eigenvalue weighted by molar-refractivity contribution is 0.0204. The summed E-state index contributed by atoms with van der Waals surface area (Å²) in [6, 6.07) is 2.44. The molecule has 1 aromatic rings. The molecular formula is C19H28ClF2NO3. The summed E-state index contributed by atoms with van der Waals surface area (Å²) < 4.78 is 30.9. The largest absolute Gasteiger partial charge is 0.508 e. The first-order chi connectivity index (χ1) is 12.1. The van der Waals surface area contributed by atoms with E-state index in [0.29, 0.717) is 31.5 Å². The molecule has 1 aliphatic rings. The van der Waals surface area contributed by atoms with Crippen molar-refractivity contribution >= 4 is 17.7 Å². The zero-order chi connectivity index (χ0) is 20.1. The van der Waals surface area contributed by atoms with Crippen molar-refractivity contribution in [3.05, 3.63) is 28.3 Å². The van der Waals surface area contributed by atoms with Crippen molar-refractivity contribution in [2.24, 2.45) is 0 Å². The van der Waals surface area contributed by atoms with Crippen LogP contribution in [0, 0.1) is 0 Å². The SMILES string of the molecule is CC.CC(C)(C)OC(=O)N1CCC(c2cc(Cl)c(C(F)F)cc2O)CC1. The van der Waals surface area contributed by atoms with E-state index in [9.17, 15) is 18.7 Å². The highest BCUT2D eigenvalue weighted by atomic mass is 35.5. The van der Waals surface area contributed by atoms with Crippen LogP contribution in [0.3, 0.4) is 0 Å². The number of carbonyl (C=O) groups excluding carboxylic acids is 1. The average molecular weight is 392 g/mol. The summed E-state index contributed by atoms with van der Waals surface area (Å²) >= 11 is 5.89. The second-order valence-corrected chi connectivity index (χ2v) is 7.38. The Morgan fingerprint density at radius 3 is 2.27 bits per heavy atom. The number of hydrogen-bond donors (Lipinski definition) is 1. The van der Waals surface area contributed by atoms with Crippen molar-refractivity contribution in [1.29, 1.82) is 0 Å². The number of aromatic hydroxyl groups is 1. The molecule has 1 N–H and O–H groups in total. The van der Waals surface area contributed by atoms with E-state index in [2.05, 4.69) is 0 Å². The van der Waals surface area contributed by atoms with Crippen LogP contribution in [-0.4, -0.2) is 34.8 Å². The monoisotopic (exact) mass is 391 g/mol. The van der Waals surface area contributed by atoms with E-state index < -0.39 is 12.0 Å². The topological polar surface area (TPSA) is 49.8 Å². The van der Waals surface area contributed by atoms with Crippen LogP contribution in [0.15, 0.2) is 12.1 Å². The van der Waals surface area contributed by atoms with Gasteiger partial charge in [0.25, 0.3) is 6.43 Å². The second-order valence-electron chi connectivity index (χ2n) is 6.97. The van der Waals surface area contributed by atoms with Crippen molar-refractivity contribution in [2.75, 3.05) is 13.1 Å². The summed E-state index contributed by atoms with van der Waals surface area (Å²) in [4.78, 5) is 13.7.